The van der Waals surface area contributed by atoms with Gasteiger partial charge < -0.3 is 39.8 Å². The molecule has 2 heterocycles. The molecule has 1 aromatic heterocycles. The van der Waals surface area contributed by atoms with Crippen LogP contribution in [0.15, 0.2) is 79.0 Å². The highest BCUT2D eigenvalue weighted by Crippen LogP contribution is 2.57. The summed E-state index contributed by atoms with van der Waals surface area (Å²) in [7, 11) is 0. The predicted molar refractivity (Wildman–Crippen MR) is 258 cm³/mol. The predicted octanol–water partition coefficient (Wildman–Crippen LogP) is 9.95. The number of nitrogens with one attached hydrogen (secondary N) is 2. The normalized spacial score (nSPS) is 23.0. The molecule has 2 fully saturated rings. The Morgan fingerprint density at radius 1 is 0.896 bits per heavy atom. The fraction of sp³-hybridized carbons (Fsp3) is 0.519. The van der Waals surface area contributed by atoms with Crippen molar-refractivity contribution in [3.05, 3.63) is 112 Å². The number of aliphatic carboxylic acids is 2. The van der Waals surface area contributed by atoms with Gasteiger partial charge in [0.05, 0.1) is 25.9 Å². The lowest BCUT2D eigenvalue weighted by molar-refractivity contribution is -0.144. The van der Waals surface area contributed by atoms with Crippen LogP contribution in [0.5, 0.6) is 17.2 Å². The van der Waals surface area contributed by atoms with Gasteiger partial charge in [-0.2, -0.15) is 0 Å². The average molecular weight is 937 g/mol. The fourth-order valence-corrected chi connectivity index (χ4v) is 11.2. The molecular weight excluding hydrogens is 870 g/mol. The number of carbonyl (C=O) groups is 3. The number of carboxylic acids is 2. The van der Waals surface area contributed by atoms with E-state index >= 15 is 0 Å². The summed E-state index contributed by atoms with van der Waals surface area (Å²) in [6, 6.07) is 21.8. The zero-order valence-corrected chi connectivity index (χ0v) is 39.5. The van der Waals surface area contributed by atoms with Crippen LogP contribution in [0.1, 0.15) is 118 Å². The number of rotatable bonds is 21. The second-order valence-corrected chi connectivity index (χ2v) is 19.8. The third kappa shape index (κ3) is 12.0. The van der Waals surface area contributed by atoms with Crippen molar-refractivity contribution >= 4 is 35.1 Å². The van der Waals surface area contributed by atoms with Crippen LogP contribution in [0.25, 0.3) is 0 Å². The van der Waals surface area contributed by atoms with E-state index in [4.69, 9.17) is 30.5 Å². The smallest absolute Gasteiger partial charge is 0.329 e. The number of carboxylic acid groups (broad SMARTS) is 2. The van der Waals surface area contributed by atoms with Gasteiger partial charge in [0.25, 0.3) is 0 Å². The summed E-state index contributed by atoms with van der Waals surface area (Å²) in [5.41, 5.74) is 4.90. The number of aryl methyl sites for hydroxylation is 1. The van der Waals surface area contributed by atoms with Gasteiger partial charge in [0.15, 0.2) is 0 Å². The topological polar surface area (TPSA) is 166 Å². The molecule has 4 N–H and O–H groups in total. The van der Waals surface area contributed by atoms with Crippen molar-refractivity contribution in [1.82, 2.24) is 10.3 Å². The van der Waals surface area contributed by atoms with E-state index in [2.05, 4.69) is 34.7 Å². The molecule has 13 heteroatoms. The van der Waals surface area contributed by atoms with E-state index in [9.17, 15) is 24.6 Å². The zero-order chi connectivity index (χ0) is 46.8. The Hall–Kier alpha value is -5.33. The maximum absolute atomic E-state index is 13.1. The molecule has 12 nitrogen and oxygen atoms in total. The number of ether oxygens (including phenoxy) is 4. The summed E-state index contributed by atoms with van der Waals surface area (Å²) >= 11 is 6.32. The number of halogens is 1. The van der Waals surface area contributed by atoms with E-state index in [0.29, 0.717) is 67.5 Å². The molecule has 3 aliphatic carbocycles. The molecule has 358 valence electrons. The van der Waals surface area contributed by atoms with Gasteiger partial charge in [-0.25, -0.2) is 9.59 Å². The van der Waals surface area contributed by atoms with Gasteiger partial charge in [-0.1, -0.05) is 42.8 Å². The van der Waals surface area contributed by atoms with Crippen LogP contribution in [0.2, 0.25) is 5.02 Å². The third-order valence-electron chi connectivity index (χ3n) is 14.7. The first-order valence-electron chi connectivity index (χ1n) is 24.5. The maximum Gasteiger partial charge on any atom is 0.329 e. The number of carbonyl (C=O) groups excluding carboxylic acids is 1. The Morgan fingerprint density at radius 2 is 1.70 bits per heavy atom. The molecule has 1 aliphatic heterocycles. The SMILES string of the molecule is C[C@@H](COc1ccnc2c1CCCC2)C[C@H]1Cc2ccc(OCCCC(=O)NC(Cc3cccc(OCCC4CCCCO4)c3)C(=O)O)cc2C12CCC(Nc1cccc(Cl)c1)(C(=O)O)CC2. The third-order valence-corrected chi connectivity index (χ3v) is 14.9. The number of aromatic nitrogens is 1. The van der Waals surface area contributed by atoms with E-state index in [1.165, 1.54) is 23.1 Å². The minimum absolute atomic E-state index is 0.103. The van der Waals surface area contributed by atoms with Gasteiger partial charge in [-0.15, -0.1) is 0 Å². The molecule has 1 saturated heterocycles. The second-order valence-electron chi connectivity index (χ2n) is 19.4. The number of anilines is 1. The lowest BCUT2D eigenvalue weighted by atomic mass is 9.59. The first-order valence-corrected chi connectivity index (χ1v) is 24.8. The second kappa shape index (κ2) is 22.2. The molecule has 4 aliphatic rings. The minimum Gasteiger partial charge on any atom is -0.494 e. The number of nitrogens with zero attached hydrogens (tertiary/aromatic N) is 1. The summed E-state index contributed by atoms with van der Waals surface area (Å²) in [6.45, 7) is 4.42. The fourth-order valence-electron chi connectivity index (χ4n) is 11.1. The Balaban J connectivity index is 0.890. The number of amides is 1. The Bertz CT molecular complexity index is 2340. The summed E-state index contributed by atoms with van der Waals surface area (Å²) in [4.78, 5) is 43.1. The lowest BCUT2D eigenvalue weighted by Gasteiger charge is -2.47. The van der Waals surface area contributed by atoms with Crippen molar-refractivity contribution in [2.45, 2.75) is 139 Å². The van der Waals surface area contributed by atoms with Gasteiger partial charge in [0, 0.05) is 54.0 Å². The Morgan fingerprint density at radius 3 is 2.49 bits per heavy atom. The monoisotopic (exact) mass is 935 g/mol. The highest BCUT2D eigenvalue weighted by molar-refractivity contribution is 6.30. The standard InChI is InChI=1S/C54H66ClN3O9/c1-36(35-67-49-19-25-56-47-15-3-2-14-45(47)49)29-39-32-38-17-18-44(34-46(38)53(39)21-23-54(24-22-53,52(62)63)58-41-11-7-10-40(55)33-41)65-27-8-16-50(59)57-48(51(60)61)31-37-9-6-13-43(30-37)66-28-20-42-12-4-5-26-64-42/h6-7,9-11,13,17-19,25,30,33-34,36,39,42,48,58H,2-5,8,12,14-16,20-24,26-29,31-32,35H2,1H3,(H,57,59)(H,60,61)(H,62,63)/t36-,39+,42?,48?,53?,54?/m1/s1. The van der Waals surface area contributed by atoms with Crippen molar-refractivity contribution in [2.75, 3.05) is 31.7 Å². The number of hydrogen-bond donors (Lipinski definition) is 4. The Labute approximate surface area is 399 Å². The average Bonchev–Trinajstić information content (AvgIpc) is 3.61. The molecule has 1 amide bonds. The quantitative estimate of drug-likeness (QED) is 0.0588. The number of hydrogen-bond acceptors (Lipinski definition) is 9. The maximum atomic E-state index is 13.1. The molecule has 4 aromatic rings. The van der Waals surface area contributed by atoms with Crippen LogP contribution < -0.4 is 24.8 Å². The van der Waals surface area contributed by atoms with E-state index in [0.717, 1.165) is 81.4 Å². The number of fused-ring (bicyclic) bond motifs is 3. The van der Waals surface area contributed by atoms with Crippen molar-refractivity contribution < 1.29 is 43.5 Å². The van der Waals surface area contributed by atoms with Gasteiger partial charge in [0.1, 0.15) is 28.8 Å². The van der Waals surface area contributed by atoms with Crippen LogP contribution >= 0.6 is 11.6 Å². The van der Waals surface area contributed by atoms with E-state index in [-0.39, 0.29) is 48.7 Å². The first-order chi connectivity index (χ1) is 32.5. The molecule has 0 radical (unpaired) electrons. The molecule has 67 heavy (non-hydrogen) atoms. The molecule has 0 bridgehead atoms. The molecular formula is C54H66ClN3O9. The van der Waals surface area contributed by atoms with Crippen LogP contribution in [-0.4, -0.2) is 77.2 Å². The summed E-state index contributed by atoms with van der Waals surface area (Å²) in [6.07, 6.45) is 15.1. The van der Waals surface area contributed by atoms with Crippen molar-refractivity contribution in [3.8, 4) is 17.2 Å². The molecule has 4 atom stereocenters. The van der Waals surface area contributed by atoms with Crippen LogP contribution in [0.4, 0.5) is 5.69 Å². The van der Waals surface area contributed by atoms with Crippen molar-refractivity contribution in [3.63, 3.8) is 0 Å². The largest absolute Gasteiger partial charge is 0.494 e. The number of pyridine rings is 1. The molecule has 8 rings (SSSR count). The van der Waals surface area contributed by atoms with E-state index < -0.39 is 23.5 Å². The molecule has 1 saturated carbocycles. The summed E-state index contributed by atoms with van der Waals surface area (Å²) in [5.74, 6) is 0.488. The van der Waals surface area contributed by atoms with Gasteiger partial charge in [-0.05, 0) is 172 Å². The van der Waals surface area contributed by atoms with Gasteiger partial charge >= 0.3 is 11.9 Å². The zero-order valence-electron chi connectivity index (χ0n) is 38.7. The van der Waals surface area contributed by atoms with Crippen LogP contribution in [0.3, 0.4) is 0 Å². The van der Waals surface area contributed by atoms with Gasteiger partial charge in [0.2, 0.25) is 5.91 Å². The Kier molecular flexibility index (Phi) is 15.9. The van der Waals surface area contributed by atoms with Crippen LogP contribution in [0, 0.1) is 11.8 Å². The highest BCUT2D eigenvalue weighted by Gasteiger charge is 2.54. The van der Waals surface area contributed by atoms with E-state index in [1.807, 2.05) is 54.7 Å². The first kappa shape index (κ1) is 48.1. The minimum atomic E-state index is -1.14. The van der Waals surface area contributed by atoms with Crippen LogP contribution in [-0.2, 0) is 50.2 Å². The lowest BCUT2D eigenvalue weighted by Crippen LogP contribution is -2.53. The van der Waals surface area contributed by atoms with Crippen molar-refractivity contribution in [1.29, 1.82) is 0 Å². The summed E-state index contributed by atoms with van der Waals surface area (Å²) < 4.78 is 24.6. The molecule has 2 unspecified atom stereocenters. The number of benzene rings is 3. The van der Waals surface area contributed by atoms with Crippen molar-refractivity contribution in [2.24, 2.45) is 11.8 Å². The van der Waals surface area contributed by atoms with E-state index in [1.54, 1.807) is 12.1 Å². The summed E-state index contributed by atoms with van der Waals surface area (Å²) in [5, 5.41) is 27.4. The molecule has 3 aromatic carbocycles. The van der Waals surface area contributed by atoms with Gasteiger partial charge in [-0.3, -0.25) is 9.78 Å². The highest BCUT2D eigenvalue weighted by atomic mass is 35.5. The molecule has 1 spiro atoms.